The topological polar surface area (TPSA) is 62.5 Å². The highest BCUT2D eigenvalue weighted by molar-refractivity contribution is 6.06. The molecule has 0 saturated heterocycles. The molecule has 0 atom stereocenters. The van der Waals surface area contributed by atoms with Crippen LogP contribution < -0.4 is 0 Å². The quantitative estimate of drug-likeness (QED) is 0.201. The Labute approximate surface area is 266 Å². The highest BCUT2D eigenvalue weighted by atomic mass is 14.8. The molecular weight excluding hydrogens is 560 g/mol. The lowest BCUT2D eigenvalue weighted by atomic mass is 9.88. The van der Waals surface area contributed by atoms with Gasteiger partial charge in [-0.15, -0.1) is 0 Å². The number of rotatable bonds is 5. The molecule has 0 amide bonds. The summed E-state index contributed by atoms with van der Waals surface area (Å²) in [5.74, 6) is 0. The fourth-order valence-corrected chi connectivity index (χ4v) is 6.12. The molecule has 46 heavy (non-hydrogen) atoms. The molecule has 5 aromatic carbocycles. The lowest BCUT2D eigenvalue weighted by Crippen LogP contribution is -1.95. The molecule has 8 rings (SSSR count). The summed E-state index contributed by atoms with van der Waals surface area (Å²) in [6, 6.07) is 52.2. The molecular formula is C42H26N4. The zero-order valence-corrected chi connectivity index (χ0v) is 24.8. The summed E-state index contributed by atoms with van der Waals surface area (Å²) in [4.78, 5) is 14.3. The zero-order valence-electron chi connectivity index (χ0n) is 24.8. The Morgan fingerprint density at radius 3 is 1.67 bits per heavy atom. The molecule has 0 radical (unpaired) electrons. The smallest absolute Gasteiger partial charge is 0.0991 e. The molecule has 0 fully saturated rings. The van der Waals surface area contributed by atoms with E-state index in [0.29, 0.717) is 5.56 Å². The van der Waals surface area contributed by atoms with Crippen LogP contribution in [0.2, 0.25) is 0 Å². The third kappa shape index (κ3) is 5.06. The van der Waals surface area contributed by atoms with Crippen molar-refractivity contribution >= 4 is 21.5 Å². The predicted molar refractivity (Wildman–Crippen MR) is 187 cm³/mol. The third-order valence-electron chi connectivity index (χ3n) is 8.40. The molecule has 3 aromatic heterocycles. The number of fused-ring (bicyclic) bond motifs is 2. The maximum Gasteiger partial charge on any atom is 0.0991 e. The van der Waals surface area contributed by atoms with Gasteiger partial charge in [-0.1, -0.05) is 84.9 Å². The van der Waals surface area contributed by atoms with Crippen LogP contribution in [0.4, 0.5) is 0 Å². The van der Waals surface area contributed by atoms with E-state index in [0.717, 1.165) is 66.9 Å². The second-order valence-electron chi connectivity index (χ2n) is 11.2. The molecule has 0 aliphatic heterocycles. The van der Waals surface area contributed by atoms with E-state index >= 15 is 0 Å². The largest absolute Gasteiger partial charge is 0.255 e. The lowest BCUT2D eigenvalue weighted by molar-refractivity contribution is 1.22. The summed E-state index contributed by atoms with van der Waals surface area (Å²) in [6.45, 7) is 0. The van der Waals surface area contributed by atoms with Gasteiger partial charge >= 0.3 is 0 Å². The average molecular weight is 587 g/mol. The molecule has 8 aromatic rings. The van der Waals surface area contributed by atoms with Gasteiger partial charge < -0.3 is 0 Å². The van der Waals surface area contributed by atoms with Crippen molar-refractivity contribution in [3.05, 3.63) is 164 Å². The first-order valence-corrected chi connectivity index (χ1v) is 15.2. The summed E-state index contributed by atoms with van der Waals surface area (Å²) in [5.41, 5.74) is 10.6. The summed E-state index contributed by atoms with van der Waals surface area (Å²) < 4.78 is 0. The van der Waals surface area contributed by atoms with Gasteiger partial charge in [-0.3, -0.25) is 9.97 Å². The molecule has 0 unspecified atom stereocenters. The monoisotopic (exact) mass is 586 g/mol. The minimum atomic E-state index is 0.661. The number of hydrogen-bond acceptors (Lipinski definition) is 4. The van der Waals surface area contributed by atoms with Crippen molar-refractivity contribution in [2.45, 2.75) is 0 Å². The summed E-state index contributed by atoms with van der Waals surface area (Å²) in [6.07, 6.45) is 3.60. The maximum absolute atomic E-state index is 9.18. The van der Waals surface area contributed by atoms with E-state index in [-0.39, 0.29) is 0 Å². The number of hydrogen-bond donors (Lipinski definition) is 0. The van der Waals surface area contributed by atoms with Crippen LogP contribution in [0, 0.1) is 11.3 Å². The van der Waals surface area contributed by atoms with Gasteiger partial charge in [0.25, 0.3) is 0 Å². The SMILES string of the molecule is N#Cc1ccc(-c2ccc3cc(-c4ccc5ccccc5c4-c4cc(-c5ccccn5)nc(-c5ccccn5)c4)ccc3c2)cc1. The predicted octanol–water partition coefficient (Wildman–Crippen LogP) is 10.4. The van der Waals surface area contributed by atoms with Crippen molar-refractivity contribution in [1.82, 2.24) is 15.0 Å². The zero-order chi connectivity index (χ0) is 30.9. The minimum absolute atomic E-state index is 0.661. The van der Waals surface area contributed by atoms with Gasteiger partial charge in [-0.05, 0) is 116 Å². The molecule has 0 aliphatic rings. The summed E-state index contributed by atoms with van der Waals surface area (Å²) in [5, 5.41) is 13.8. The molecule has 0 bridgehead atoms. The van der Waals surface area contributed by atoms with E-state index in [1.807, 2.05) is 60.7 Å². The average Bonchev–Trinajstić information content (AvgIpc) is 3.14. The molecule has 214 valence electrons. The van der Waals surface area contributed by atoms with Crippen molar-refractivity contribution in [2.24, 2.45) is 0 Å². The van der Waals surface area contributed by atoms with E-state index in [1.54, 1.807) is 12.4 Å². The molecule has 0 saturated carbocycles. The first kappa shape index (κ1) is 27.1. The van der Waals surface area contributed by atoms with Crippen LogP contribution >= 0.6 is 0 Å². The van der Waals surface area contributed by atoms with Crippen molar-refractivity contribution < 1.29 is 0 Å². The number of nitriles is 1. The van der Waals surface area contributed by atoms with E-state index in [1.165, 1.54) is 10.8 Å². The number of nitrogens with zero attached hydrogens (tertiary/aromatic N) is 4. The highest BCUT2D eigenvalue weighted by Crippen LogP contribution is 2.41. The molecule has 4 nitrogen and oxygen atoms in total. The fraction of sp³-hybridized carbons (Fsp3) is 0. The number of pyridine rings is 3. The van der Waals surface area contributed by atoms with Gasteiger partial charge in [0.15, 0.2) is 0 Å². The highest BCUT2D eigenvalue weighted by Gasteiger charge is 2.17. The third-order valence-corrected chi connectivity index (χ3v) is 8.40. The summed E-state index contributed by atoms with van der Waals surface area (Å²) in [7, 11) is 0. The van der Waals surface area contributed by atoms with Crippen molar-refractivity contribution in [1.29, 1.82) is 5.26 Å². The van der Waals surface area contributed by atoms with Crippen LogP contribution in [0.1, 0.15) is 5.56 Å². The van der Waals surface area contributed by atoms with Crippen LogP contribution in [0.5, 0.6) is 0 Å². The van der Waals surface area contributed by atoms with Gasteiger partial charge in [0, 0.05) is 12.4 Å². The molecule has 0 N–H and O–H groups in total. The fourth-order valence-electron chi connectivity index (χ4n) is 6.12. The van der Waals surface area contributed by atoms with Crippen LogP contribution in [0.25, 0.3) is 77.7 Å². The number of aromatic nitrogens is 3. The molecule has 4 heteroatoms. The van der Waals surface area contributed by atoms with Gasteiger partial charge in [0.2, 0.25) is 0 Å². The van der Waals surface area contributed by atoms with Crippen molar-refractivity contribution in [3.63, 3.8) is 0 Å². The van der Waals surface area contributed by atoms with Crippen LogP contribution in [0.3, 0.4) is 0 Å². The van der Waals surface area contributed by atoms with Gasteiger partial charge in [0.05, 0.1) is 34.4 Å². The van der Waals surface area contributed by atoms with Gasteiger partial charge in [0.1, 0.15) is 0 Å². The first-order chi connectivity index (χ1) is 22.7. The Morgan fingerprint density at radius 2 is 1.02 bits per heavy atom. The minimum Gasteiger partial charge on any atom is -0.255 e. The second kappa shape index (κ2) is 11.6. The van der Waals surface area contributed by atoms with Crippen LogP contribution in [-0.2, 0) is 0 Å². The van der Waals surface area contributed by atoms with Gasteiger partial charge in [-0.2, -0.15) is 5.26 Å². The van der Waals surface area contributed by atoms with E-state index in [4.69, 9.17) is 4.98 Å². The Bertz CT molecular complexity index is 2350. The Kier molecular flexibility index (Phi) is 6.83. The molecule has 3 heterocycles. The van der Waals surface area contributed by atoms with Crippen molar-refractivity contribution in [2.75, 3.05) is 0 Å². The van der Waals surface area contributed by atoms with E-state index in [9.17, 15) is 5.26 Å². The lowest BCUT2D eigenvalue weighted by Gasteiger charge is -2.17. The van der Waals surface area contributed by atoms with Gasteiger partial charge in [-0.25, -0.2) is 4.98 Å². The van der Waals surface area contributed by atoms with Crippen LogP contribution in [-0.4, -0.2) is 15.0 Å². The molecule has 0 spiro atoms. The molecule has 0 aliphatic carbocycles. The standard InChI is InChI=1S/C42H26N4/c43-27-28-11-13-29(14-12-28)31-15-16-33-24-34(18-17-32(33)23-31)37-20-19-30-7-1-2-8-36(30)42(37)35-25-40(38-9-3-5-21-44-38)46-41(26-35)39-10-4-6-22-45-39/h1-26H. The Morgan fingerprint density at radius 1 is 0.435 bits per heavy atom. The van der Waals surface area contributed by atoms with Crippen LogP contribution in [0.15, 0.2) is 158 Å². The summed E-state index contributed by atoms with van der Waals surface area (Å²) >= 11 is 0. The number of benzene rings is 5. The normalized spacial score (nSPS) is 11.0. The Hall–Kier alpha value is -6.44. The maximum atomic E-state index is 9.18. The van der Waals surface area contributed by atoms with E-state index in [2.05, 4.69) is 101 Å². The van der Waals surface area contributed by atoms with Crippen molar-refractivity contribution in [3.8, 4) is 62.2 Å². The Balaban J connectivity index is 1.32. The first-order valence-electron chi connectivity index (χ1n) is 15.2. The van der Waals surface area contributed by atoms with E-state index < -0.39 is 0 Å². The second-order valence-corrected chi connectivity index (χ2v) is 11.2.